The van der Waals surface area contributed by atoms with Gasteiger partial charge in [0.2, 0.25) is 0 Å². The molecule has 1 heterocycles. The summed E-state index contributed by atoms with van der Waals surface area (Å²) in [6.45, 7) is 7.56. The van der Waals surface area contributed by atoms with Crippen LogP contribution in [0.1, 0.15) is 29.4 Å². The molecule has 0 N–H and O–H groups in total. The molecule has 27 heavy (non-hydrogen) atoms. The number of rotatable bonds is 7. The van der Waals surface area contributed by atoms with Crippen molar-refractivity contribution in [3.63, 3.8) is 0 Å². The van der Waals surface area contributed by atoms with E-state index in [-0.39, 0.29) is 0 Å². The molecule has 0 atom stereocenters. The maximum Gasteiger partial charge on any atom is 0.119 e. The van der Waals surface area contributed by atoms with Crippen LogP contribution >= 0.6 is 0 Å². The Bertz CT molecular complexity index is 907. The first-order valence-corrected chi connectivity index (χ1v) is 9.17. The monoisotopic (exact) mass is 362 g/mol. The van der Waals surface area contributed by atoms with E-state index in [1.165, 1.54) is 11.4 Å². The maximum atomic E-state index is 5.53. The third kappa shape index (κ3) is 4.40. The summed E-state index contributed by atoms with van der Waals surface area (Å²) in [5.41, 5.74) is 5.78. The van der Waals surface area contributed by atoms with Crippen molar-refractivity contribution >= 4 is 6.21 Å². The van der Waals surface area contributed by atoms with E-state index in [0.29, 0.717) is 13.2 Å². The number of hydrogen-bond donors (Lipinski definition) is 0. The molecule has 0 aliphatic rings. The van der Waals surface area contributed by atoms with Crippen LogP contribution in [0, 0.1) is 13.8 Å². The number of nitrogens with zero attached hydrogens (tertiary/aromatic N) is 2. The predicted octanol–water partition coefficient (Wildman–Crippen LogP) is 5.12. The summed E-state index contributed by atoms with van der Waals surface area (Å²) >= 11 is 0. The Balaban J connectivity index is 1.76. The van der Waals surface area contributed by atoms with Gasteiger partial charge in [0.1, 0.15) is 11.5 Å². The topological polar surface area (TPSA) is 35.8 Å². The first-order valence-electron chi connectivity index (χ1n) is 9.17. The summed E-state index contributed by atoms with van der Waals surface area (Å²) in [5.74, 6) is 1.76. The van der Waals surface area contributed by atoms with Gasteiger partial charge < -0.3 is 14.0 Å². The average Bonchev–Trinajstić information content (AvgIpc) is 2.97. The second-order valence-electron chi connectivity index (χ2n) is 6.41. The minimum Gasteiger partial charge on any atom is -0.497 e. The number of ether oxygens (including phenoxy) is 2. The standard InChI is InChI=1S/C23H26N2O2/c1-5-27-23-12-8-21(9-13-23)25-17(2)14-20(18(25)3)16-24-15-19-6-10-22(26-4)11-7-19/h6-14,16H,5,15H2,1-4H3. The zero-order valence-corrected chi connectivity index (χ0v) is 16.4. The summed E-state index contributed by atoms with van der Waals surface area (Å²) < 4.78 is 13.0. The summed E-state index contributed by atoms with van der Waals surface area (Å²) in [6, 6.07) is 18.4. The smallest absolute Gasteiger partial charge is 0.119 e. The van der Waals surface area contributed by atoms with Crippen molar-refractivity contribution < 1.29 is 9.47 Å². The Morgan fingerprint density at radius 2 is 1.63 bits per heavy atom. The molecular formula is C23H26N2O2. The lowest BCUT2D eigenvalue weighted by Gasteiger charge is -2.11. The van der Waals surface area contributed by atoms with Crippen molar-refractivity contribution in [1.82, 2.24) is 4.57 Å². The molecule has 140 valence electrons. The quantitative estimate of drug-likeness (QED) is 0.547. The number of benzene rings is 2. The van der Waals surface area contributed by atoms with Crippen LogP contribution in [0.3, 0.4) is 0 Å². The van der Waals surface area contributed by atoms with Crippen molar-refractivity contribution in [3.8, 4) is 17.2 Å². The molecule has 0 saturated carbocycles. The van der Waals surface area contributed by atoms with E-state index in [9.17, 15) is 0 Å². The van der Waals surface area contributed by atoms with E-state index in [4.69, 9.17) is 9.47 Å². The summed E-state index contributed by atoms with van der Waals surface area (Å²) in [4.78, 5) is 4.62. The molecule has 4 nitrogen and oxygen atoms in total. The molecule has 1 aromatic heterocycles. The Morgan fingerprint density at radius 3 is 2.26 bits per heavy atom. The van der Waals surface area contributed by atoms with Gasteiger partial charge in [-0.05, 0) is 68.8 Å². The lowest BCUT2D eigenvalue weighted by atomic mass is 10.2. The zero-order chi connectivity index (χ0) is 19.2. The highest BCUT2D eigenvalue weighted by atomic mass is 16.5. The van der Waals surface area contributed by atoms with Gasteiger partial charge >= 0.3 is 0 Å². The molecule has 0 amide bonds. The van der Waals surface area contributed by atoms with E-state index in [2.05, 4.69) is 41.6 Å². The van der Waals surface area contributed by atoms with Crippen LogP contribution in [0.4, 0.5) is 0 Å². The third-order valence-corrected chi connectivity index (χ3v) is 4.54. The first kappa shape index (κ1) is 18.8. The molecule has 0 radical (unpaired) electrons. The van der Waals surface area contributed by atoms with Crippen LogP contribution < -0.4 is 9.47 Å². The molecule has 0 aliphatic carbocycles. The molecule has 0 saturated heterocycles. The lowest BCUT2D eigenvalue weighted by molar-refractivity contribution is 0.340. The molecular weight excluding hydrogens is 336 g/mol. The number of hydrogen-bond acceptors (Lipinski definition) is 3. The SMILES string of the molecule is CCOc1ccc(-n2c(C)cc(C=NCc3ccc(OC)cc3)c2C)cc1. The molecule has 0 spiro atoms. The average molecular weight is 362 g/mol. The van der Waals surface area contributed by atoms with Crippen molar-refractivity contribution in [2.24, 2.45) is 4.99 Å². The van der Waals surface area contributed by atoms with Gasteiger partial charge in [-0.1, -0.05) is 12.1 Å². The van der Waals surface area contributed by atoms with Crippen LogP contribution in [0.2, 0.25) is 0 Å². The molecule has 3 aromatic rings. The van der Waals surface area contributed by atoms with Gasteiger partial charge in [0, 0.05) is 28.9 Å². The van der Waals surface area contributed by atoms with E-state index in [1.807, 2.05) is 49.5 Å². The first-order chi connectivity index (χ1) is 13.1. The van der Waals surface area contributed by atoms with Crippen LogP contribution in [0.5, 0.6) is 11.5 Å². The molecule has 2 aromatic carbocycles. The highest BCUT2D eigenvalue weighted by Gasteiger charge is 2.09. The van der Waals surface area contributed by atoms with Crippen LogP contribution in [-0.4, -0.2) is 24.5 Å². The van der Waals surface area contributed by atoms with E-state index < -0.39 is 0 Å². The minimum absolute atomic E-state index is 0.650. The predicted molar refractivity (Wildman–Crippen MR) is 111 cm³/mol. The highest BCUT2D eigenvalue weighted by Crippen LogP contribution is 2.22. The lowest BCUT2D eigenvalue weighted by Crippen LogP contribution is -2.00. The fraction of sp³-hybridized carbons (Fsp3) is 0.261. The second-order valence-corrected chi connectivity index (χ2v) is 6.41. The zero-order valence-electron chi connectivity index (χ0n) is 16.4. The summed E-state index contributed by atoms with van der Waals surface area (Å²) in [5, 5.41) is 0. The molecule has 4 heteroatoms. The summed E-state index contributed by atoms with van der Waals surface area (Å²) in [7, 11) is 1.67. The van der Waals surface area contributed by atoms with Gasteiger partial charge in [-0.3, -0.25) is 4.99 Å². The van der Waals surface area contributed by atoms with Crippen molar-refractivity contribution in [2.75, 3.05) is 13.7 Å². The number of aryl methyl sites for hydroxylation is 1. The Labute approximate surface area is 161 Å². The molecule has 0 aliphatic heterocycles. The largest absolute Gasteiger partial charge is 0.497 e. The van der Waals surface area contributed by atoms with Gasteiger partial charge in [-0.2, -0.15) is 0 Å². The third-order valence-electron chi connectivity index (χ3n) is 4.54. The number of methoxy groups -OCH3 is 1. The number of aromatic nitrogens is 1. The highest BCUT2D eigenvalue weighted by molar-refractivity contribution is 5.82. The minimum atomic E-state index is 0.650. The van der Waals surface area contributed by atoms with E-state index >= 15 is 0 Å². The summed E-state index contributed by atoms with van der Waals surface area (Å²) in [6.07, 6.45) is 1.96. The second kappa shape index (κ2) is 8.58. The Hall–Kier alpha value is -3.01. The van der Waals surface area contributed by atoms with Gasteiger partial charge in [0.25, 0.3) is 0 Å². The maximum absolute atomic E-state index is 5.53. The van der Waals surface area contributed by atoms with Crippen molar-refractivity contribution in [2.45, 2.75) is 27.3 Å². The van der Waals surface area contributed by atoms with E-state index in [1.54, 1.807) is 7.11 Å². The van der Waals surface area contributed by atoms with Crippen molar-refractivity contribution in [3.05, 3.63) is 77.1 Å². The molecule has 0 bridgehead atoms. The van der Waals surface area contributed by atoms with Gasteiger partial charge in [-0.25, -0.2) is 0 Å². The molecule has 0 fully saturated rings. The van der Waals surface area contributed by atoms with Gasteiger partial charge in [0.15, 0.2) is 0 Å². The normalized spacial score (nSPS) is 11.1. The fourth-order valence-electron chi connectivity index (χ4n) is 3.15. The van der Waals surface area contributed by atoms with E-state index in [0.717, 1.165) is 28.3 Å². The molecule has 3 rings (SSSR count). The van der Waals surface area contributed by atoms with Crippen LogP contribution in [0.15, 0.2) is 59.6 Å². The van der Waals surface area contributed by atoms with Crippen LogP contribution in [-0.2, 0) is 6.54 Å². The van der Waals surface area contributed by atoms with Crippen LogP contribution in [0.25, 0.3) is 5.69 Å². The van der Waals surface area contributed by atoms with Gasteiger partial charge in [-0.15, -0.1) is 0 Å². The fourth-order valence-corrected chi connectivity index (χ4v) is 3.15. The Morgan fingerprint density at radius 1 is 0.963 bits per heavy atom. The van der Waals surface area contributed by atoms with Gasteiger partial charge in [0.05, 0.1) is 20.3 Å². The Kier molecular flexibility index (Phi) is 5.97. The van der Waals surface area contributed by atoms with Crippen molar-refractivity contribution in [1.29, 1.82) is 0 Å². The number of aliphatic imine (C=N–C) groups is 1. The molecule has 0 unspecified atom stereocenters.